The zero-order chi connectivity index (χ0) is 18.0. The fourth-order valence-corrected chi connectivity index (χ4v) is 2.76. The summed E-state index contributed by atoms with van der Waals surface area (Å²) < 4.78 is 18.8. The van der Waals surface area contributed by atoms with E-state index in [1.54, 1.807) is 30.3 Å². The lowest BCUT2D eigenvalue weighted by Crippen LogP contribution is -2.24. The molecule has 0 N–H and O–H groups in total. The average molecular weight is 340 g/mol. The predicted molar refractivity (Wildman–Crippen MR) is 90.8 cm³/mol. The second-order valence-electron chi connectivity index (χ2n) is 5.86. The van der Waals surface area contributed by atoms with Crippen molar-refractivity contribution >= 4 is 17.6 Å². The van der Waals surface area contributed by atoms with Gasteiger partial charge in [-0.1, -0.05) is 24.3 Å². The SMILES string of the molecule is CC(=O)N1N=C(C)CC1c1ccc(OC(=O)c2ccccc2F)cc1. The molecule has 128 valence electrons. The molecule has 1 aliphatic heterocycles. The average Bonchev–Trinajstić information content (AvgIpc) is 2.98. The molecule has 0 radical (unpaired) electrons. The lowest BCUT2D eigenvalue weighted by Gasteiger charge is -2.20. The van der Waals surface area contributed by atoms with Crippen LogP contribution in [-0.4, -0.2) is 22.6 Å². The highest BCUT2D eigenvalue weighted by Crippen LogP contribution is 2.31. The third kappa shape index (κ3) is 3.57. The molecule has 25 heavy (non-hydrogen) atoms. The van der Waals surface area contributed by atoms with Crippen LogP contribution in [0.3, 0.4) is 0 Å². The summed E-state index contributed by atoms with van der Waals surface area (Å²) in [6.45, 7) is 3.35. The van der Waals surface area contributed by atoms with Gasteiger partial charge in [-0.2, -0.15) is 5.10 Å². The molecule has 1 heterocycles. The molecule has 0 fully saturated rings. The van der Waals surface area contributed by atoms with Gasteiger partial charge in [-0.25, -0.2) is 14.2 Å². The van der Waals surface area contributed by atoms with Gasteiger partial charge in [0.2, 0.25) is 5.91 Å². The Bertz CT molecular complexity index is 846. The van der Waals surface area contributed by atoms with Crippen molar-refractivity contribution in [1.82, 2.24) is 5.01 Å². The number of hydrazone groups is 1. The second kappa shape index (κ2) is 6.84. The van der Waals surface area contributed by atoms with Crippen molar-refractivity contribution in [2.45, 2.75) is 26.3 Å². The Kier molecular flexibility index (Phi) is 4.61. The summed E-state index contributed by atoms with van der Waals surface area (Å²) in [4.78, 5) is 23.7. The first-order valence-corrected chi connectivity index (χ1v) is 7.86. The maximum atomic E-state index is 13.6. The maximum absolute atomic E-state index is 13.6. The van der Waals surface area contributed by atoms with Crippen molar-refractivity contribution in [3.05, 3.63) is 65.5 Å². The number of carbonyl (C=O) groups is 2. The molecule has 6 heteroatoms. The van der Waals surface area contributed by atoms with Crippen LogP contribution in [0.15, 0.2) is 53.6 Å². The van der Waals surface area contributed by atoms with Crippen LogP contribution >= 0.6 is 0 Å². The van der Waals surface area contributed by atoms with Crippen LogP contribution in [0.2, 0.25) is 0 Å². The van der Waals surface area contributed by atoms with Crippen LogP contribution in [0.1, 0.15) is 42.2 Å². The fraction of sp³-hybridized carbons (Fsp3) is 0.211. The highest BCUT2D eigenvalue weighted by atomic mass is 19.1. The highest BCUT2D eigenvalue weighted by Gasteiger charge is 2.28. The topological polar surface area (TPSA) is 59.0 Å². The summed E-state index contributed by atoms with van der Waals surface area (Å²) in [5.41, 5.74) is 1.66. The Balaban J connectivity index is 1.74. The van der Waals surface area contributed by atoms with E-state index in [1.807, 2.05) is 6.92 Å². The molecular formula is C19H17FN2O3. The van der Waals surface area contributed by atoms with Crippen LogP contribution in [0.25, 0.3) is 0 Å². The monoisotopic (exact) mass is 340 g/mol. The first kappa shape index (κ1) is 16.8. The van der Waals surface area contributed by atoms with Gasteiger partial charge >= 0.3 is 5.97 Å². The van der Waals surface area contributed by atoms with Gasteiger partial charge in [-0.05, 0) is 36.8 Å². The molecule has 1 unspecified atom stereocenters. The number of rotatable bonds is 3. The van der Waals surface area contributed by atoms with E-state index in [0.29, 0.717) is 12.2 Å². The number of nitrogens with zero attached hydrogens (tertiary/aromatic N) is 2. The molecule has 0 saturated carbocycles. The van der Waals surface area contributed by atoms with Crippen LogP contribution in [0.4, 0.5) is 4.39 Å². The molecule has 1 amide bonds. The van der Waals surface area contributed by atoms with Crippen molar-refractivity contribution in [2.75, 3.05) is 0 Å². The van der Waals surface area contributed by atoms with Gasteiger partial charge in [0.05, 0.1) is 11.6 Å². The van der Waals surface area contributed by atoms with Gasteiger partial charge < -0.3 is 4.74 Å². The van der Waals surface area contributed by atoms with Crippen molar-refractivity contribution in [3.8, 4) is 5.75 Å². The first-order valence-electron chi connectivity index (χ1n) is 7.86. The van der Waals surface area contributed by atoms with E-state index in [4.69, 9.17) is 4.74 Å². The number of ether oxygens (including phenoxy) is 1. The Morgan fingerprint density at radius 2 is 1.84 bits per heavy atom. The molecular weight excluding hydrogens is 323 g/mol. The summed E-state index contributed by atoms with van der Waals surface area (Å²) >= 11 is 0. The summed E-state index contributed by atoms with van der Waals surface area (Å²) in [5, 5.41) is 5.69. The van der Waals surface area contributed by atoms with Crippen LogP contribution in [0, 0.1) is 5.82 Å². The number of hydrogen-bond acceptors (Lipinski definition) is 4. The molecule has 5 nitrogen and oxygen atoms in total. The van der Waals surface area contributed by atoms with Crippen LogP contribution in [0.5, 0.6) is 5.75 Å². The zero-order valence-corrected chi connectivity index (χ0v) is 13.9. The minimum absolute atomic E-state index is 0.117. The number of hydrogen-bond donors (Lipinski definition) is 0. The maximum Gasteiger partial charge on any atom is 0.346 e. The lowest BCUT2D eigenvalue weighted by atomic mass is 10.0. The normalized spacial score (nSPS) is 16.5. The molecule has 1 aliphatic rings. The molecule has 2 aromatic carbocycles. The van der Waals surface area contributed by atoms with Gasteiger partial charge in [-0.3, -0.25) is 4.79 Å². The van der Waals surface area contributed by atoms with E-state index < -0.39 is 11.8 Å². The standard InChI is InChI=1S/C19H17FN2O3/c1-12-11-18(22(21-12)13(2)23)14-7-9-15(10-8-14)25-19(24)16-5-3-4-6-17(16)20/h3-10,18H,11H2,1-2H3. The molecule has 2 aromatic rings. The smallest absolute Gasteiger partial charge is 0.346 e. The van der Waals surface area contributed by atoms with Gasteiger partial charge in [0.15, 0.2) is 0 Å². The highest BCUT2D eigenvalue weighted by molar-refractivity contribution is 5.91. The number of benzene rings is 2. The number of esters is 1. The third-order valence-electron chi connectivity index (χ3n) is 3.95. The predicted octanol–water partition coefficient (Wildman–Crippen LogP) is 3.71. The van der Waals surface area contributed by atoms with E-state index >= 15 is 0 Å². The third-order valence-corrected chi connectivity index (χ3v) is 3.95. The lowest BCUT2D eigenvalue weighted by molar-refractivity contribution is -0.130. The summed E-state index contributed by atoms with van der Waals surface area (Å²) in [7, 11) is 0. The Morgan fingerprint density at radius 1 is 1.16 bits per heavy atom. The van der Waals surface area contributed by atoms with Gasteiger partial charge in [-0.15, -0.1) is 0 Å². The van der Waals surface area contributed by atoms with Crippen molar-refractivity contribution in [2.24, 2.45) is 5.10 Å². The Hall–Kier alpha value is -3.02. The van der Waals surface area contributed by atoms with Crippen molar-refractivity contribution in [3.63, 3.8) is 0 Å². The molecule has 1 atom stereocenters. The minimum atomic E-state index is -0.753. The van der Waals surface area contributed by atoms with Crippen molar-refractivity contribution in [1.29, 1.82) is 0 Å². The molecule has 0 aromatic heterocycles. The van der Waals surface area contributed by atoms with Crippen molar-refractivity contribution < 1.29 is 18.7 Å². The zero-order valence-electron chi connectivity index (χ0n) is 13.9. The molecule has 3 rings (SSSR count). The second-order valence-corrected chi connectivity index (χ2v) is 5.86. The van der Waals surface area contributed by atoms with E-state index in [1.165, 1.54) is 30.1 Å². The van der Waals surface area contributed by atoms with Gasteiger partial charge in [0, 0.05) is 19.1 Å². The van der Waals surface area contributed by atoms with Gasteiger partial charge in [0.25, 0.3) is 0 Å². The number of carbonyl (C=O) groups excluding carboxylic acids is 2. The molecule has 0 bridgehead atoms. The first-order chi connectivity index (χ1) is 12.0. The summed E-state index contributed by atoms with van der Waals surface area (Å²) in [6.07, 6.45) is 0.661. The largest absolute Gasteiger partial charge is 0.423 e. The quantitative estimate of drug-likeness (QED) is 0.632. The van der Waals surface area contributed by atoms with E-state index in [9.17, 15) is 14.0 Å². The molecule has 0 aliphatic carbocycles. The number of halogens is 1. The van der Waals surface area contributed by atoms with Gasteiger partial charge in [0.1, 0.15) is 11.6 Å². The Morgan fingerprint density at radius 3 is 2.48 bits per heavy atom. The van der Waals surface area contributed by atoms with E-state index in [2.05, 4.69) is 5.10 Å². The minimum Gasteiger partial charge on any atom is -0.423 e. The molecule has 0 saturated heterocycles. The van der Waals surface area contributed by atoms with Crippen LogP contribution in [-0.2, 0) is 4.79 Å². The summed E-state index contributed by atoms with van der Waals surface area (Å²) in [5.74, 6) is -1.20. The summed E-state index contributed by atoms with van der Waals surface area (Å²) in [6, 6.07) is 12.3. The van der Waals surface area contributed by atoms with E-state index in [0.717, 1.165) is 11.3 Å². The number of amides is 1. The fourth-order valence-electron chi connectivity index (χ4n) is 2.76. The molecule has 0 spiro atoms. The van der Waals surface area contributed by atoms with E-state index in [-0.39, 0.29) is 17.5 Å². The Labute approximate surface area is 144 Å². The van der Waals surface area contributed by atoms with Crippen LogP contribution < -0.4 is 4.74 Å².